The molecule has 1 rings (SSSR count). The number of thiophene rings is 1. The van der Waals surface area contributed by atoms with Gasteiger partial charge in [-0.15, -0.1) is 11.3 Å². The van der Waals surface area contributed by atoms with E-state index >= 15 is 0 Å². The molecule has 2 unspecified atom stereocenters. The molecule has 17 heavy (non-hydrogen) atoms. The lowest BCUT2D eigenvalue weighted by Gasteiger charge is -2.30. The van der Waals surface area contributed by atoms with Gasteiger partial charge in [-0.05, 0) is 49.4 Å². The Morgan fingerprint density at radius 1 is 1.35 bits per heavy atom. The summed E-state index contributed by atoms with van der Waals surface area (Å²) < 4.78 is 0. The first-order chi connectivity index (χ1) is 8.04. The number of likely N-dealkylation sites (N-methyl/N-ethyl adjacent to an activating group) is 1. The predicted octanol–water partition coefficient (Wildman–Crippen LogP) is 3.81. The second kappa shape index (κ2) is 7.45. The SMILES string of the molecule is CC(C)C(CS)CN(C)C(C)Cc1cccs1. The fourth-order valence-electron chi connectivity index (χ4n) is 1.90. The molecule has 1 nitrogen and oxygen atoms in total. The summed E-state index contributed by atoms with van der Waals surface area (Å²) in [5.74, 6) is 2.38. The molecule has 0 aliphatic carbocycles. The van der Waals surface area contributed by atoms with Crippen LogP contribution in [0.3, 0.4) is 0 Å². The minimum absolute atomic E-state index is 0.606. The molecule has 0 aliphatic heterocycles. The molecule has 0 spiro atoms. The van der Waals surface area contributed by atoms with Gasteiger partial charge in [0.25, 0.3) is 0 Å². The monoisotopic (exact) mass is 271 g/mol. The number of hydrogen-bond acceptors (Lipinski definition) is 3. The van der Waals surface area contributed by atoms with E-state index in [2.05, 4.69) is 62.9 Å². The summed E-state index contributed by atoms with van der Waals surface area (Å²) in [4.78, 5) is 3.96. The van der Waals surface area contributed by atoms with Crippen molar-refractivity contribution in [2.24, 2.45) is 11.8 Å². The fraction of sp³-hybridized carbons (Fsp3) is 0.714. The topological polar surface area (TPSA) is 3.24 Å². The summed E-state index contributed by atoms with van der Waals surface area (Å²) in [6.07, 6.45) is 1.16. The number of rotatable bonds is 7. The standard InChI is InChI=1S/C14H25NS2/c1-11(2)13(10-16)9-15(4)12(3)8-14-6-5-7-17-14/h5-7,11-13,16H,8-10H2,1-4H3. The van der Waals surface area contributed by atoms with Crippen molar-refractivity contribution in [1.82, 2.24) is 4.90 Å². The van der Waals surface area contributed by atoms with Crippen LogP contribution < -0.4 is 0 Å². The van der Waals surface area contributed by atoms with Crippen molar-refractivity contribution < 1.29 is 0 Å². The Morgan fingerprint density at radius 2 is 2.06 bits per heavy atom. The molecular weight excluding hydrogens is 246 g/mol. The highest BCUT2D eigenvalue weighted by atomic mass is 32.1. The zero-order chi connectivity index (χ0) is 12.8. The number of hydrogen-bond donors (Lipinski definition) is 1. The predicted molar refractivity (Wildman–Crippen MR) is 82.3 cm³/mol. The lowest BCUT2D eigenvalue weighted by Crippen LogP contribution is -2.37. The smallest absolute Gasteiger partial charge is 0.0112 e. The van der Waals surface area contributed by atoms with E-state index in [1.54, 1.807) is 0 Å². The van der Waals surface area contributed by atoms with E-state index in [0.29, 0.717) is 17.9 Å². The van der Waals surface area contributed by atoms with E-state index in [1.165, 1.54) is 4.88 Å². The third-order valence-corrected chi connectivity index (χ3v) is 4.90. The van der Waals surface area contributed by atoms with Gasteiger partial charge in [-0.25, -0.2) is 0 Å². The Labute approximate surface area is 116 Å². The maximum atomic E-state index is 4.46. The molecule has 0 fully saturated rings. The molecule has 0 radical (unpaired) electrons. The highest BCUT2D eigenvalue weighted by Crippen LogP contribution is 2.17. The maximum Gasteiger partial charge on any atom is 0.0112 e. The molecule has 1 aromatic heterocycles. The zero-order valence-corrected chi connectivity index (χ0v) is 13.1. The van der Waals surface area contributed by atoms with Gasteiger partial charge in [0.15, 0.2) is 0 Å². The molecule has 2 atom stereocenters. The van der Waals surface area contributed by atoms with Crippen molar-refractivity contribution in [1.29, 1.82) is 0 Å². The average Bonchev–Trinajstić information content (AvgIpc) is 2.77. The van der Waals surface area contributed by atoms with Crippen molar-refractivity contribution in [3.05, 3.63) is 22.4 Å². The van der Waals surface area contributed by atoms with Crippen LogP contribution in [-0.4, -0.2) is 30.3 Å². The molecule has 0 amide bonds. The second-order valence-corrected chi connectivity index (χ2v) is 6.66. The Morgan fingerprint density at radius 3 is 2.53 bits per heavy atom. The largest absolute Gasteiger partial charge is 0.303 e. The number of thiol groups is 1. The zero-order valence-electron chi connectivity index (χ0n) is 11.4. The first-order valence-electron chi connectivity index (χ1n) is 6.38. The van der Waals surface area contributed by atoms with Crippen LogP contribution >= 0.6 is 24.0 Å². The summed E-state index contributed by atoms with van der Waals surface area (Å²) in [6, 6.07) is 4.97. The first-order valence-corrected chi connectivity index (χ1v) is 7.89. The van der Waals surface area contributed by atoms with E-state index in [9.17, 15) is 0 Å². The molecule has 0 aliphatic rings. The van der Waals surface area contributed by atoms with Crippen LogP contribution in [0.15, 0.2) is 17.5 Å². The lowest BCUT2D eigenvalue weighted by molar-refractivity contribution is 0.203. The molecule has 98 valence electrons. The van der Waals surface area contributed by atoms with Gasteiger partial charge < -0.3 is 4.90 Å². The Hall–Kier alpha value is 0.01000. The van der Waals surface area contributed by atoms with E-state index in [1.807, 2.05) is 11.3 Å². The van der Waals surface area contributed by atoms with Crippen molar-refractivity contribution in [2.45, 2.75) is 33.2 Å². The molecule has 1 heterocycles. The van der Waals surface area contributed by atoms with Gasteiger partial charge in [0.1, 0.15) is 0 Å². The quantitative estimate of drug-likeness (QED) is 0.738. The van der Waals surface area contributed by atoms with Crippen LogP contribution in [0, 0.1) is 11.8 Å². The average molecular weight is 271 g/mol. The fourth-order valence-corrected chi connectivity index (χ4v) is 3.27. The highest BCUT2D eigenvalue weighted by molar-refractivity contribution is 7.80. The normalized spacial score (nSPS) is 15.5. The molecule has 0 bridgehead atoms. The number of nitrogens with zero attached hydrogens (tertiary/aromatic N) is 1. The van der Waals surface area contributed by atoms with Gasteiger partial charge in [-0.3, -0.25) is 0 Å². The van der Waals surface area contributed by atoms with Crippen LogP contribution in [0.2, 0.25) is 0 Å². The van der Waals surface area contributed by atoms with Crippen LogP contribution in [0.5, 0.6) is 0 Å². The van der Waals surface area contributed by atoms with Crippen molar-refractivity contribution in [2.75, 3.05) is 19.3 Å². The van der Waals surface area contributed by atoms with Gasteiger partial charge >= 0.3 is 0 Å². The summed E-state index contributed by atoms with van der Waals surface area (Å²) >= 11 is 6.32. The second-order valence-electron chi connectivity index (χ2n) is 5.26. The van der Waals surface area contributed by atoms with Gasteiger partial charge in [0, 0.05) is 17.5 Å². The van der Waals surface area contributed by atoms with Gasteiger partial charge in [-0.1, -0.05) is 19.9 Å². The molecule has 0 N–H and O–H groups in total. The third-order valence-electron chi connectivity index (χ3n) is 3.53. The molecule has 0 saturated heterocycles. The minimum atomic E-state index is 0.606. The Balaban J connectivity index is 2.43. The molecular formula is C14H25NS2. The molecule has 1 aromatic rings. The Kier molecular flexibility index (Phi) is 6.60. The van der Waals surface area contributed by atoms with E-state index in [4.69, 9.17) is 0 Å². The van der Waals surface area contributed by atoms with E-state index in [-0.39, 0.29) is 0 Å². The van der Waals surface area contributed by atoms with Gasteiger partial charge in [-0.2, -0.15) is 12.6 Å². The lowest BCUT2D eigenvalue weighted by atomic mass is 9.96. The van der Waals surface area contributed by atoms with E-state index < -0.39 is 0 Å². The summed E-state index contributed by atoms with van der Waals surface area (Å²) in [6.45, 7) is 8.04. The van der Waals surface area contributed by atoms with Crippen LogP contribution in [-0.2, 0) is 6.42 Å². The van der Waals surface area contributed by atoms with Crippen LogP contribution in [0.25, 0.3) is 0 Å². The summed E-state index contributed by atoms with van der Waals surface area (Å²) in [5, 5.41) is 2.16. The third kappa shape index (κ3) is 5.02. The minimum Gasteiger partial charge on any atom is -0.303 e. The summed E-state index contributed by atoms with van der Waals surface area (Å²) in [7, 11) is 2.23. The van der Waals surface area contributed by atoms with Crippen molar-refractivity contribution >= 4 is 24.0 Å². The molecule has 0 aromatic carbocycles. The van der Waals surface area contributed by atoms with Crippen molar-refractivity contribution in [3.63, 3.8) is 0 Å². The van der Waals surface area contributed by atoms with Crippen molar-refractivity contribution in [3.8, 4) is 0 Å². The maximum absolute atomic E-state index is 4.46. The van der Waals surface area contributed by atoms with Crippen LogP contribution in [0.1, 0.15) is 25.6 Å². The van der Waals surface area contributed by atoms with E-state index in [0.717, 1.165) is 18.7 Å². The van der Waals surface area contributed by atoms with Gasteiger partial charge in [0.2, 0.25) is 0 Å². The summed E-state index contributed by atoms with van der Waals surface area (Å²) in [5.41, 5.74) is 0. The first kappa shape index (κ1) is 15.1. The van der Waals surface area contributed by atoms with Gasteiger partial charge in [0.05, 0.1) is 0 Å². The molecule has 0 saturated carbocycles. The highest BCUT2D eigenvalue weighted by Gasteiger charge is 2.17. The van der Waals surface area contributed by atoms with Crippen LogP contribution in [0.4, 0.5) is 0 Å². The molecule has 3 heteroatoms. The Bertz CT molecular complexity index is 295.